The summed E-state index contributed by atoms with van der Waals surface area (Å²) in [7, 11) is 1.74. The van der Waals surface area contributed by atoms with E-state index in [1.807, 2.05) is 11.8 Å². The van der Waals surface area contributed by atoms with Gasteiger partial charge in [0.1, 0.15) is 6.04 Å². The van der Waals surface area contributed by atoms with E-state index < -0.39 is 28.7 Å². The van der Waals surface area contributed by atoms with Crippen molar-refractivity contribution in [2.75, 3.05) is 66.1 Å². The van der Waals surface area contributed by atoms with Crippen molar-refractivity contribution in [1.82, 2.24) is 19.6 Å². The number of amides is 3. The fourth-order valence-electron chi connectivity index (χ4n) is 6.70. The normalized spacial score (nSPS) is 31.8. The Balaban J connectivity index is 1.66. The van der Waals surface area contributed by atoms with Gasteiger partial charge in [-0.05, 0) is 19.3 Å². The number of nitrogens with zero attached hydrogens (tertiary/aromatic N) is 4. The quantitative estimate of drug-likeness (QED) is 0.371. The highest BCUT2D eigenvalue weighted by Gasteiger charge is 2.74. The van der Waals surface area contributed by atoms with Crippen LogP contribution in [-0.4, -0.2) is 131 Å². The van der Waals surface area contributed by atoms with Crippen LogP contribution in [0.2, 0.25) is 0 Å². The molecule has 2 unspecified atom stereocenters. The molecule has 2 bridgehead atoms. The molecule has 0 aromatic rings. The predicted octanol–water partition coefficient (Wildman–Crippen LogP) is 0.840. The summed E-state index contributed by atoms with van der Waals surface area (Å²) in [6.45, 7) is 14.4. The van der Waals surface area contributed by atoms with Crippen molar-refractivity contribution < 1.29 is 24.2 Å². The van der Waals surface area contributed by atoms with Gasteiger partial charge < -0.3 is 24.5 Å². The van der Waals surface area contributed by atoms with E-state index in [0.29, 0.717) is 45.7 Å². The van der Waals surface area contributed by atoms with Gasteiger partial charge in [0.25, 0.3) is 0 Å². The summed E-state index contributed by atoms with van der Waals surface area (Å²) in [4.78, 5) is 49.4. The molecule has 9 nitrogen and oxygen atoms in total. The molecule has 4 aliphatic rings. The first-order valence-electron chi connectivity index (χ1n) is 13.5. The molecule has 6 atom stereocenters. The number of rotatable bonds is 12. The van der Waals surface area contributed by atoms with E-state index in [0.717, 1.165) is 26.1 Å². The van der Waals surface area contributed by atoms with Crippen LogP contribution in [0.1, 0.15) is 26.2 Å². The minimum Gasteiger partial charge on any atom is -0.394 e. The van der Waals surface area contributed by atoms with Crippen LogP contribution in [0, 0.1) is 11.8 Å². The molecular formula is C27H42N4O5S. The first-order valence-corrected chi connectivity index (χ1v) is 14.4. The lowest BCUT2D eigenvalue weighted by Crippen LogP contribution is -2.58. The number of likely N-dealkylation sites (N-methyl/N-ethyl adjacent to an activating group) is 1. The molecule has 4 aliphatic heterocycles. The average Bonchev–Trinajstić information content (AvgIpc) is 3.55. The molecule has 10 heteroatoms. The highest BCUT2D eigenvalue weighted by Crippen LogP contribution is 2.67. The highest BCUT2D eigenvalue weighted by atomic mass is 32.2. The van der Waals surface area contributed by atoms with Crippen LogP contribution in [0.25, 0.3) is 0 Å². The van der Waals surface area contributed by atoms with Gasteiger partial charge in [-0.2, -0.15) is 0 Å². The van der Waals surface area contributed by atoms with Crippen LogP contribution in [-0.2, 0) is 19.1 Å². The minimum absolute atomic E-state index is 0.0153. The van der Waals surface area contributed by atoms with Crippen LogP contribution in [0.4, 0.5) is 0 Å². The van der Waals surface area contributed by atoms with Crippen LogP contribution in [0.15, 0.2) is 25.3 Å². The Labute approximate surface area is 224 Å². The van der Waals surface area contributed by atoms with Gasteiger partial charge in [-0.25, -0.2) is 0 Å². The van der Waals surface area contributed by atoms with Crippen molar-refractivity contribution >= 4 is 29.5 Å². The molecule has 3 amide bonds. The molecule has 0 aromatic carbocycles. The zero-order chi connectivity index (χ0) is 26.7. The number of aliphatic hydroxyl groups is 1. The number of fused-ring (bicyclic) bond motifs is 1. The Morgan fingerprint density at radius 3 is 2.57 bits per heavy atom. The third kappa shape index (κ3) is 4.97. The number of hydrogen-bond donors (Lipinski definition) is 1. The Morgan fingerprint density at radius 1 is 1.24 bits per heavy atom. The van der Waals surface area contributed by atoms with Gasteiger partial charge in [0.15, 0.2) is 0 Å². The summed E-state index contributed by atoms with van der Waals surface area (Å²) in [6, 6.07) is -1.17. The molecule has 37 heavy (non-hydrogen) atoms. The number of carbonyl (C=O) groups excluding carboxylic acids is 3. The molecule has 0 radical (unpaired) electrons. The second-order valence-electron chi connectivity index (χ2n) is 10.6. The van der Waals surface area contributed by atoms with Crippen molar-refractivity contribution in [3.8, 4) is 0 Å². The lowest BCUT2D eigenvalue weighted by atomic mass is 9.70. The first-order chi connectivity index (χ1) is 17.8. The van der Waals surface area contributed by atoms with Crippen LogP contribution in [0.5, 0.6) is 0 Å². The molecule has 1 spiro atoms. The third-order valence-corrected chi connectivity index (χ3v) is 10.5. The Morgan fingerprint density at radius 2 is 1.95 bits per heavy atom. The van der Waals surface area contributed by atoms with E-state index in [1.165, 1.54) is 0 Å². The molecule has 0 saturated carbocycles. The average molecular weight is 535 g/mol. The maximum Gasteiger partial charge on any atom is 0.247 e. The second kappa shape index (κ2) is 11.9. The number of thioether (sulfide) groups is 1. The first kappa shape index (κ1) is 28.1. The van der Waals surface area contributed by atoms with Gasteiger partial charge in [-0.15, -0.1) is 24.9 Å². The standard InChI is InChI=1S/C27H42N4O5S/c1-5-10-28(4)24(33)21-20-8-9-27(37-20)22(21)25(34)31(19(7-3)18-32)23(27)26(35)30(11-6-2)13-12-29-14-16-36-17-15-29/h5-6,19-23,32H,1-2,7-18H2,3-4H3/t19-,20+,21-,22-,23?,27?/m0/s1. The van der Waals surface area contributed by atoms with Gasteiger partial charge in [0.2, 0.25) is 17.7 Å². The molecule has 206 valence electrons. The predicted molar refractivity (Wildman–Crippen MR) is 144 cm³/mol. The molecule has 1 N–H and O–H groups in total. The largest absolute Gasteiger partial charge is 0.394 e. The summed E-state index contributed by atoms with van der Waals surface area (Å²) in [5.41, 5.74) is 0. The number of ether oxygens (including phenoxy) is 1. The second-order valence-corrected chi connectivity index (χ2v) is 12.2. The van der Waals surface area contributed by atoms with E-state index in [1.54, 1.807) is 40.8 Å². The molecule has 4 saturated heterocycles. The SMILES string of the molecule is C=CCN(C)C(=O)[C@@H]1[C@H]2C(=O)N([C@@H](CC)CO)C(C(=O)N(CC=C)CCN3CCOCC3)C23CC[C@H]1S3. The molecule has 0 aromatic heterocycles. The zero-order valence-electron chi connectivity index (χ0n) is 22.2. The van der Waals surface area contributed by atoms with Crippen molar-refractivity contribution in [2.24, 2.45) is 11.8 Å². The topological polar surface area (TPSA) is 93.6 Å². The Kier molecular flexibility index (Phi) is 9.04. The fraction of sp³-hybridized carbons (Fsp3) is 0.741. The van der Waals surface area contributed by atoms with Crippen LogP contribution in [0.3, 0.4) is 0 Å². The Bertz CT molecular complexity index is 892. The zero-order valence-corrected chi connectivity index (χ0v) is 23.0. The van der Waals surface area contributed by atoms with Crippen molar-refractivity contribution in [2.45, 2.75) is 48.3 Å². The van der Waals surface area contributed by atoms with E-state index in [4.69, 9.17) is 4.74 Å². The van der Waals surface area contributed by atoms with Gasteiger partial charge in [-0.3, -0.25) is 19.3 Å². The fourth-order valence-corrected chi connectivity index (χ4v) is 8.90. The molecule has 4 fully saturated rings. The van der Waals surface area contributed by atoms with Gasteiger partial charge in [0, 0.05) is 51.6 Å². The summed E-state index contributed by atoms with van der Waals surface area (Å²) < 4.78 is 4.80. The Hall–Kier alpha value is -1.88. The minimum atomic E-state index is -0.704. The van der Waals surface area contributed by atoms with E-state index in [2.05, 4.69) is 18.1 Å². The van der Waals surface area contributed by atoms with Crippen molar-refractivity contribution in [1.29, 1.82) is 0 Å². The maximum absolute atomic E-state index is 14.4. The van der Waals surface area contributed by atoms with Crippen LogP contribution < -0.4 is 0 Å². The van der Waals surface area contributed by atoms with Gasteiger partial charge >= 0.3 is 0 Å². The van der Waals surface area contributed by atoms with Gasteiger partial charge in [0.05, 0.1) is 42.4 Å². The van der Waals surface area contributed by atoms with E-state index >= 15 is 0 Å². The third-order valence-electron chi connectivity index (χ3n) is 8.56. The van der Waals surface area contributed by atoms with Crippen LogP contribution >= 0.6 is 11.8 Å². The summed E-state index contributed by atoms with van der Waals surface area (Å²) in [6.07, 6.45) is 5.47. The maximum atomic E-state index is 14.4. The van der Waals surface area contributed by atoms with Gasteiger partial charge in [-0.1, -0.05) is 19.1 Å². The molecule has 0 aliphatic carbocycles. The molecular weight excluding hydrogens is 492 g/mol. The van der Waals surface area contributed by atoms with Crippen molar-refractivity contribution in [3.05, 3.63) is 25.3 Å². The highest BCUT2D eigenvalue weighted by molar-refractivity contribution is 8.02. The number of aliphatic hydroxyl groups excluding tert-OH is 1. The van der Waals surface area contributed by atoms with E-state index in [-0.39, 0.29) is 29.6 Å². The number of hydrogen-bond acceptors (Lipinski definition) is 7. The molecule has 4 heterocycles. The summed E-state index contributed by atoms with van der Waals surface area (Å²) >= 11 is 1.67. The number of morpholine rings is 1. The summed E-state index contributed by atoms with van der Waals surface area (Å²) in [5.74, 6) is -1.34. The summed E-state index contributed by atoms with van der Waals surface area (Å²) in [5, 5.41) is 10.3. The molecule has 4 rings (SSSR count). The number of carbonyl (C=O) groups is 3. The number of likely N-dealkylation sites (tertiary alicyclic amines) is 1. The monoisotopic (exact) mass is 534 g/mol. The van der Waals surface area contributed by atoms with E-state index in [9.17, 15) is 19.5 Å². The lowest BCUT2D eigenvalue weighted by molar-refractivity contribution is -0.147. The smallest absolute Gasteiger partial charge is 0.247 e. The van der Waals surface area contributed by atoms with Crippen molar-refractivity contribution in [3.63, 3.8) is 0 Å². The lowest BCUT2D eigenvalue weighted by Gasteiger charge is -2.40.